The first-order chi connectivity index (χ1) is 10.8. The maximum Gasteiger partial charge on any atom is 0.410 e. The Morgan fingerprint density at radius 1 is 1.26 bits per heavy atom. The molecular weight excluding hydrogens is 318 g/mol. The van der Waals surface area contributed by atoms with E-state index in [1.165, 1.54) is 11.3 Å². The summed E-state index contributed by atoms with van der Waals surface area (Å²) in [5, 5.41) is 2.48. The number of piperazine rings is 1. The zero-order valence-corrected chi connectivity index (χ0v) is 14.8. The average molecular weight is 341 g/mol. The minimum atomic E-state index is -0.488. The van der Waals surface area contributed by atoms with E-state index in [-0.39, 0.29) is 6.09 Å². The number of carbonyl (C=O) groups is 2. The van der Waals surface area contributed by atoms with Crippen molar-refractivity contribution in [3.63, 3.8) is 0 Å². The van der Waals surface area contributed by atoms with E-state index in [2.05, 4.69) is 9.88 Å². The van der Waals surface area contributed by atoms with E-state index in [0.717, 1.165) is 5.13 Å². The lowest BCUT2D eigenvalue weighted by molar-refractivity contribution is 0.0240. The van der Waals surface area contributed by atoms with Crippen LogP contribution < -0.4 is 4.90 Å². The third-order valence-electron chi connectivity index (χ3n) is 3.18. The molecule has 1 saturated heterocycles. The molecule has 0 spiro atoms. The second kappa shape index (κ2) is 7.16. The van der Waals surface area contributed by atoms with Crippen LogP contribution in [0.5, 0.6) is 0 Å². The highest BCUT2D eigenvalue weighted by molar-refractivity contribution is 7.13. The summed E-state index contributed by atoms with van der Waals surface area (Å²) in [6.45, 7) is 10.1. The van der Waals surface area contributed by atoms with E-state index in [0.29, 0.717) is 38.5 Å². The number of carbonyl (C=O) groups excluding carboxylic acids is 2. The topological polar surface area (TPSA) is 72.0 Å². The van der Waals surface area contributed by atoms with Gasteiger partial charge in [0.05, 0.1) is 6.61 Å². The molecule has 0 unspecified atom stereocenters. The first kappa shape index (κ1) is 17.5. The zero-order valence-electron chi connectivity index (χ0n) is 14.0. The molecule has 0 aliphatic carbocycles. The minimum absolute atomic E-state index is 0.288. The first-order valence-electron chi connectivity index (χ1n) is 7.65. The number of aromatic nitrogens is 1. The van der Waals surface area contributed by atoms with E-state index < -0.39 is 11.6 Å². The molecule has 1 aromatic rings. The van der Waals surface area contributed by atoms with Gasteiger partial charge in [-0.25, -0.2) is 14.6 Å². The number of hydrogen-bond donors (Lipinski definition) is 0. The summed E-state index contributed by atoms with van der Waals surface area (Å²) < 4.78 is 10.3. The van der Waals surface area contributed by atoms with Crippen molar-refractivity contribution in [2.24, 2.45) is 0 Å². The predicted octanol–water partition coefficient (Wildman–Crippen LogP) is 2.38. The molecule has 2 rings (SSSR count). The van der Waals surface area contributed by atoms with Crippen LogP contribution in [0.3, 0.4) is 0 Å². The largest absolute Gasteiger partial charge is 0.461 e. The summed E-state index contributed by atoms with van der Waals surface area (Å²) >= 11 is 1.41. The number of thiazole rings is 1. The lowest BCUT2D eigenvalue weighted by Crippen LogP contribution is -2.50. The van der Waals surface area contributed by atoms with E-state index in [9.17, 15) is 9.59 Å². The van der Waals surface area contributed by atoms with Gasteiger partial charge in [0.2, 0.25) is 0 Å². The van der Waals surface area contributed by atoms with Crippen molar-refractivity contribution in [3.8, 4) is 0 Å². The Morgan fingerprint density at radius 2 is 1.91 bits per heavy atom. The van der Waals surface area contributed by atoms with Crippen LogP contribution in [0.15, 0.2) is 5.38 Å². The Morgan fingerprint density at radius 3 is 2.48 bits per heavy atom. The molecular formula is C15H23N3O4S. The molecule has 0 aromatic carbocycles. The van der Waals surface area contributed by atoms with Crippen LogP contribution in [0.25, 0.3) is 0 Å². The number of hydrogen-bond acceptors (Lipinski definition) is 7. The molecule has 1 amide bonds. The summed E-state index contributed by atoms with van der Waals surface area (Å²) in [6.07, 6.45) is -0.288. The number of esters is 1. The van der Waals surface area contributed by atoms with Gasteiger partial charge in [-0.05, 0) is 27.7 Å². The Hall–Kier alpha value is -1.83. The molecule has 1 aromatic heterocycles. The molecule has 7 nitrogen and oxygen atoms in total. The molecule has 1 aliphatic rings. The smallest absolute Gasteiger partial charge is 0.410 e. The number of amides is 1. The fraction of sp³-hybridized carbons (Fsp3) is 0.667. The molecule has 0 radical (unpaired) electrons. The standard InChI is InChI=1S/C15H23N3O4S/c1-5-21-12(19)11-10-23-13(16-11)17-6-8-18(9-7-17)14(20)22-15(2,3)4/h10H,5-9H2,1-4H3. The average Bonchev–Trinajstić information content (AvgIpc) is 2.96. The van der Waals surface area contributed by atoms with E-state index in [4.69, 9.17) is 9.47 Å². The van der Waals surface area contributed by atoms with Gasteiger partial charge in [0, 0.05) is 31.6 Å². The summed E-state index contributed by atoms with van der Waals surface area (Å²) in [7, 11) is 0. The van der Waals surface area contributed by atoms with Gasteiger partial charge in [-0.1, -0.05) is 0 Å². The lowest BCUT2D eigenvalue weighted by Gasteiger charge is -2.35. The van der Waals surface area contributed by atoms with Crippen molar-refractivity contribution in [2.45, 2.75) is 33.3 Å². The van der Waals surface area contributed by atoms with Crippen LogP contribution >= 0.6 is 11.3 Å². The molecule has 8 heteroatoms. The number of anilines is 1. The van der Waals surface area contributed by atoms with Crippen LogP contribution in [0.1, 0.15) is 38.2 Å². The summed E-state index contributed by atoms with van der Waals surface area (Å²) in [5.74, 6) is -0.401. The molecule has 2 heterocycles. The van der Waals surface area contributed by atoms with Crippen molar-refractivity contribution in [3.05, 3.63) is 11.1 Å². The quantitative estimate of drug-likeness (QED) is 0.786. The van der Waals surface area contributed by atoms with Crippen molar-refractivity contribution in [1.82, 2.24) is 9.88 Å². The Bertz CT molecular complexity index is 559. The minimum Gasteiger partial charge on any atom is -0.461 e. The fourth-order valence-corrected chi connectivity index (χ4v) is 2.96. The van der Waals surface area contributed by atoms with Crippen LogP contribution in [-0.4, -0.2) is 60.3 Å². The highest BCUT2D eigenvalue weighted by atomic mass is 32.1. The predicted molar refractivity (Wildman–Crippen MR) is 88.1 cm³/mol. The zero-order chi connectivity index (χ0) is 17.0. The summed E-state index contributed by atoms with van der Waals surface area (Å²) in [6, 6.07) is 0. The highest BCUT2D eigenvalue weighted by Crippen LogP contribution is 2.23. The van der Waals surface area contributed by atoms with Crippen molar-refractivity contribution in [2.75, 3.05) is 37.7 Å². The van der Waals surface area contributed by atoms with Crippen LogP contribution in [0, 0.1) is 0 Å². The number of ether oxygens (including phenoxy) is 2. The number of nitrogens with zero attached hydrogens (tertiary/aromatic N) is 3. The van der Waals surface area contributed by atoms with Crippen LogP contribution in [0.2, 0.25) is 0 Å². The summed E-state index contributed by atoms with van der Waals surface area (Å²) in [5.41, 5.74) is -0.153. The van der Waals surface area contributed by atoms with Gasteiger partial charge in [0.15, 0.2) is 10.8 Å². The summed E-state index contributed by atoms with van der Waals surface area (Å²) in [4.78, 5) is 31.8. The molecule has 0 N–H and O–H groups in total. The highest BCUT2D eigenvalue weighted by Gasteiger charge is 2.27. The maximum absolute atomic E-state index is 12.0. The molecule has 128 valence electrons. The van der Waals surface area contributed by atoms with Crippen molar-refractivity contribution >= 4 is 28.5 Å². The van der Waals surface area contributed by atoms with Gasteiger partial charge in [0.25, 0.3) is 0 Å². The monoisotopic (exact) mass is 341 g/mol. The van der Waals surface area contributed by atoms with Crippen molar-refractivity contribution in [1.29, 1.82) is 0 Å². The van der Waals surface area contributed by atoms with Gasteiger partial charge >= 0.3 is 12.1 Å². The molecule has 23 heavy (non-hydrogen) atoms. The normalized spacial score (nSPS) is 15.5. The van der Waals surface area contributed by atoms with Gasteiger partial charge in [0.1, 0.15) is 5.60 Å². The van der Waals surface area contributed by atoms with Gasteiger partial charge in [-0.3, -0.25) is 0 Å². The molecule has 0 saturated carbocycles. The van der Waals surface area contributed by atoms with Gasteiger partial charge in [-0.15, -0.1) is 11.3 Å². The Labute approximate surface area is 140 Å². The lowest BCUT2D eigenvalue weighted by atomic mass is 10.2. The molecule has 1 fully saturated rings. The SMILES string of the molecule is CCOC(=O)c1csc(N2CCN(C(=O)OC(C)(C)C)CC2)n1. The van der Waals surface area contributed by atoms with Gasteiger partial charge in [-0.2, -0.15) is 0 Å². The Kier molecular flexibility index (Phi) is 5.46. The van der Waals surface area contributed by atoms with E-state index >= 15 is 0 Å². The maximum atomic E-state index is 12.0. The first-order valence-corrected chi connectivity index (χ1v) is 8.53. The molecule has 0 atom stereocenters. The van der Waals surface area contributed by atoms with Crippen LogP contribution in [-0.2, 0) is 9.47 Å². The van der Waals surface area contributed by atoms with E-state index in [1.54, 1.807) is 17.2 Å². The second-order valence-electron chi connectivity index (χ2n) is 6.19. The molecule has 0 bridgehead atoms. The van der Waals surface area contributed by atoms with Crippen molar-refractivity contribution < 1.29 is 19.1 Å². The molecule has 1 aliphatic heterocycles. The number of rotatable bonds is 3. The Balaban J connectivity index is 1.89. The second-order valence-corrected chi connectivity index (χ2v) is 7.03. The fourth-order valence-electron chi connectivity index (χ4n) is 2.12. The third kappa shape index (κ3) is 4.82. The third-order valence-corrected chi connectivity index (χ3v) is 4.08. The van der Waals surface area contributed by atoms with E-state index in [1.807, 2.05) is 20.8 Å². The van der Waals surface area contributed by atoms with Crippen LogP contribution in [0.4, 0.5) is 9.93 Å². The van der Waals surface area contributed by atoms with Gasteiger partial charge < -0.3 is 19.3 Å².